The van der Waals surface area contributed by atoms with Crippen molar-refractivity contribution in [2.75, 3.05) is 13.1 Å². The zero-order valence-corrected chi connectivity index (χ0v) is 18.4. The SMILES string of the molecule is O=C(C(Sc1nnc(-c2cccnc2)n1-c1ccccc1)c1ccccc1)N1CCCC1. The van der Waals surface area contributed by atoms with Crippen LogP contribution in [0.25, 0.3) is 17.1 Å². The van der Waals surface area contributed by atoms with Crippen LogP contribution in [0.4, 0.5) is 0 Å². The summed E-state index contributed by atoms with van der Waals surface area (Å²) in [5.74, 6) is 0.830. The minimum Gasteiger partial charge on any atom is -0.341 e. The lowest BCUT2D eigenvalue weighted by atomic mass is 10.1. The van der Waals surface area contributed by atoms with Crippen molar-refractivity contribution in [3.05, 3.63) is 90.8 Å². The lowest BCUT2D eigenvalue weighted by Crippen LogP contribution is -2.31. The van der Waals surface area contributed by atoms with Gasteiger partial charge in [-0.05, 0) is 42.7 Å². The van der Waals surface area contributed by atoms with Gasteiger partial charge in [-0.1, -0.05) is 60.3 Å². The van der Waals surface area contributed by atoms with E-state index >= 15 is 0 Å². The number of rotatable bonds is 6. The van der Waals surface area contributed by atoms with Crippen LogP contribution in [0.1, 0.15) is 23.7 Å². The van der Waals surface area contributed by atoms with Crippen LogP contribution in [0.2, 0.25) is 0 Å². The quantitative estimate of drug-likeness (QED) is 0.403. The average molecular weight is 442 g/mol. The zero-order chi connectivity index (χ0) is 21.8. The van der Waals surface area contributed by atoms with Crippen molar-refractivity contribution < 1.29 is 4.79 Å². The molecule has 2 aromatic carbocycles. The van der Waals surface area contributed by atoms with Crippen molar-refractivity contribution in [1.29, 1.82) is 0 Å². The number of hydrogen-bond donors (Lipinski definition) is 0. The van der Waals surface area contributed by atoms with Crippen LogP contribution in [0.5, 0.6) is 0 Å². The maximum atomic E-state index is 13.5. The van der Waals surface area contributed by atoms with E-state index in [2.05, 4.69) is 15.2 Å². The number of aromatic nitrogens is 4. The third kappa shape index (κ3) is 4.16. The summed E-state index contributed by atoms with van der Waals surface area (Å²) in [6.07, 6.45) is 5.64. The summed E-state index contributed by atoms with van der Waals surface area (Å²) in [6, 6.07) is 23.8. The van der Waals surface area contributed by atoms with Crippen LogP contribution in [0.3, 0.4) is 0 Å². The van der Waals surface area contributed by atoms with E-state index in [9.17, 15) is 4.79 Å². The van der Waals surface area contributed by atoms with E-state index in [4.69, 9.17) is 0 Å². The monoisotopic (exact) mass is 441 g/mol. The number of para-hydroxylation sites is 1. The number of carbonyl (C=O) groups excluding carboxylic acids is 1. The lowest BCUT2D eigenvalue weighted by Gasteiger charge is -2.23. The number of thioether (sulfide) groups is 1. The molecule has 1 saturated heterocycles. The number of benzene rings is 2. The van der Waals surface area contributed by atoms with E-state index in [1.54, 1.807) is 12.4 Å². The third-order valence-corrected chi connectivity index (χ3v) is 6.72. The van der Waals surface area contributed by atoms with Crippen LogP contribution < -0.4 is 0 Å². The molecule has 7 heteroatoms. The second-order valence-corrected chi connectivity index (χ2v) is 8.73. The molecule has 2 aromatic heterocycles. The summed E-state index contributed by atoms with van der Waals surface area (Å²) in [5, 5.41) is 9.31. The van der Waals surface area contributed by atoms with Crippen molar-refractivity contribution >= 4 is 17.7 Å². The highest BCUT2D eigenvalue weighted by Gasteiger charge is 2.31. The number of likely N-dealkylation sites (tertiary alicyclic amines) is 1. The molecule has 6 nitrogen and oxygen atoms in total. The Morgan fingerprint density at radius 2 is 1.59 bits per heavy atom. The highest BCUT2D eigenvalue weighted by atomic mass is 32.2. The molecule has 0 saturated carbocycles. The molecule has 1 aliphatic heterocycles. The standard InChI is InChI=1S/C25H23N5OS/c31-24(29-16-7-8-17-29)22(19-10-3-1-4-11-19)32-25-28-27-23(20-12-9-15-26-18-20)30(25)21-13-5-2-6-14-21/h1-6,9-15,18,22H,7-8,16-17H2. The molecule has 1 fully saturated rings. The number of carbonyl (C=O) groups is 1. The van der Waals surface area contributed by atoms with Crippen molar-refractivity contribution in [2.24, 2.45) is 0 Å². The molecule has 0 spiro atoms. The molecule has 0 bridgehead atoms. The fourth-order valence-electron chi connectivity index (χ4n) is 3.94. The highest BCUT2D eigenvalue weighted by molar-refractivity contribution is 8.00. The van der Waals surface area contributed by atoms with E-state index in [0.717, 1.165) is 42.7 Å². The summed E-state index contributed by atoms with van der Waals surface area (Å²) in [7, 11) is 0. The van der Waals surface area contributed by atoms with Gasteiger partial charge >= 0.3 is 0 Å². The summed E-state index contributed by atoms with van der Waals surface area (Å²) < 4.78 is 2.01. The molecule has 1 unspecified atom stereocenters. The molecule has 3 heterocycles. The molecule has 0 radical (unpaired) electrons. The fraction of sp³-hybridized carbons (Fsp3) is 0.200. The largest absolute Gasteiger partial charge is 0.341 e. The van der Waals surface area contributed by atoms with Crippen LogP contribution in [0.15, 0.2) is 90.3 Å². The van der Waals surface area contributed by atoms with Gasteiger partial charge in [-0.25, -0.2) is 0 Å². The topological polar surface area (TPSA) is 63.9 Å². The Hall–Kier alpha value is -3.45. The van der Waals surface area contributed by atoms with Crippen molar-refractivity contribution in [3.63, 3.8) is 0 Å². The first-order valence-corrected chi connectivity index (χ1v) is 11.6. The minimum absolute atomic E-state index is 0.129. The first-order chi connectivity index (χ1) is 15.8. The maximum absolute atomic E-state index is 13.5. The molecule has 32 heavy (non-hydrogen) atoms. The molecule has 0 aliphatic carbocycles. The summed E-state index contributed by atoms with van der Waals surface area (Å²) in [5.41, 5.74) is 2.79. The highest BCUT2D eigenvalue weighted by Crippen LogP contribution is 2.39. The van der Waals surface area contributed by atoms with Gasteiger partial charge in [-0.3, -0.25) is 14.3 Å². The summed E-state index contributed by atoms with van der Waals surface area (Å²) in [6.45, 7) is 1.63. The number of hydrogen-bond acceptors (Lipinski definition) is 5. The van der Waals surface area contributed by atoms with Gasteiger partial charge in [0.2, 0.25) is 5.91 Å². The predicted octanol–water partition coefficient (Wildman–Crippen LogP) is 4.79. The Bertz CT molecular complexity index is 1170. The van der Waals surface area contributed by atoms with Gasteiger partial charge in [0.15, 0.2) is 11.0 Å². The molecule has 4 aromatic rings. The molecular formula is C25H23N5OS. The van der Waals surface area contributed by atoms with Crippen molar-refractivity contribution in [3.8, 4) is 17.1 Å². The van der Waals surface area contributed by atoms with Crippen LogP contribution in [-0.4, -0.2) is 43.6 Å². The molecule has 1 aliphatic rings. The third-order valence-electron chi connectivity index (χ3n) is 5.54. The first kappa shape index (κ1) is 20.5. The Morgan fingerprint density at radius 1 is 0.875 bits per heavy atom. The van der Waals surface area contributed by atoms with E-state index in [0.29, 0.717) is 11.0 Å². The van der Waals surface area contributed by atoms with Gasteiger partial charge in [-0.15, -0.1) is 10.2 Å². The van der Waals surface area contributed by atoms with Gasteiger partial charge in [0.25, 0.3) is 0 Å². The fourth-order valence-corrected chi connectivity index (χ4v) is 5.07. The van der Waals surface area contributed by atoms with Gasteiger partial charge in [0, 0.05) is 36.7 Å². The lowest BCUT2D eigenvalue weighted by molar-refractivity contribution is -0.129. The van der Waals surface area contributed by atoms with Gasteiger partial charge in [-0.2, -0.15) is 0 Å². The van der Waals surface area contributed by atoms with Crippen molar-refractivity contribution in [2.45, 2.75) is 23.2 Å². The minimum atomic E-state index is -0.386. The van der Waals surface area contributed by atoms with E-state index < -0.39 is 0 Å². The maximum Gasteiger partial charge on any atom is 0.240 e. The van der Waals surface area contributed by atoms with Crippen LogP contribution in [0, 0.1) is 0 Å². The number of amides is 1. The summed E-state index contributed by atoms with van der Waals surface area (Å²) >= 11 is 1.45. The van der Waals surface area contributed by atoms with Crippen LogP contribution in [-0.2, 0) is 4.79 Å². The summed E-state index contributed by atoms with van der Waals surface area (Å²) in [4.78, 5) is 19.7. The van der Waals surface area contributed by atoms with Gasteiger partial charge in [0.05, 0.1) is 0 Å². The Labute approximate surface area is 191 Å². The van der Waals surface area contributed by atoms with Crippen LogP contribution >= 0.6 is 11.8 Å². The Kier molecular flexibility index (Phi) is 5.98. The van der Waals surface area contributed by atoms with Gasteiger partial charge in [0.1, 0.15) is 5.25 Å². The smallest absolute Gasteiger partial charge is 0.240 e. The number of pyridine rings is 1. The van der Waals surface area contributed by atoms with E-state index in [1.807, 2.05) is 82.3 Å². The van der Waals surface area contributed by atoms with Gasteiger partial charge < -0.3 is 4.90 Å². The molecule has 1 atom stereocenters. The number of nitrogens with zero attached hydrogens (tertiary/aromatic N) is 5. The molecule has 1 amide bonds. The average Bonchev–Trinajstić information content (AvgIpc) is 3.54. The van der Waals surface area contributed by atoms with Crippen molar-refractivity contribution in [1.82, 2.24) is 24.6 Å². The molecule has 160 valence electrons. The van der Waals surface area contributed by atoms with E-state index in [1.165, 1.54) is 11.8 Å². The predicted molar refractivity (Wildman–Crippen MR) is 125 cm³/mol. The Balaban J connectivity index is 1.58. The normalized spacial score (nSPS) is 14.4. The molecule has 0 N–H and O–H groups in total. The second kappa shape index (κ2) is 9.36. The first-order valence-electron chi connectivity index (χ1n) is 10.7. The molecule has 5 rings (SSSR count). The Morgan fingerprint density at radius 3 is 2.28 bits per heavy atom. The second-order valence-electron chi connectivity index (χ2n) is 7.66. The van der Waals surface area contributed by atoms with E-state index in [-0.39, 0.29) is 11.2 Å². The molecular weight excluding hydrogens is 418 g/mol. The zero-order valence-electron chi connectivity index (χ0n) is 17.5.